The number of hydrogen-bond donors (Lipinski definition) is 1. The first-order valence-electron chi connectivity index (χ1n) is 7.54. The first-order valence-corrected chi connectivity index (χ1v) is 8.33. The number of benzene rings is 1. The predicted octanol–water partition coefficient (Wildman–Crippen LogP) is 3.66. The van der Waals surface area contributed by atoms with Gasteiger partial charge in [0.05, 0.1) is 28.8 Å². The topological polar surface area (TPSA) is 51.0 Å². The van der Waals surface area contributed by atoms with Crippen molar-refractivity contribution in [1.82, 2.24) is 0 Å². The minimum atomic E-state index is -0.451. The molecule has 2 aliphatic heterocycles. The Kier molecular flexibility index (Phi) is 3.13. The van der Waals surface area contributed by atoms with Crippen LogP contribution in [0.25, 0.3) is 0 Å². The Morgan fingerprint density at radius 3 is 3.09 bits per heavy atom. The average Bonchev–Trinajstić information content (AvgIpc) is 2.72. The first kappa shape index (κ1) is 14.3. The van der Waals surface area contributed by atoms with Crippen molar-refractivity contribution in [3.8, 4) is 11.5 Å². The fourth-order valence-electron chi connectivity index (χ4n) is 3.89. The second-order valence-electron chi connectivity index (χ2n) is 6.27. The second kappa shape index (κ2) is 4.83. The molecule has 1 aliphatic carbocycles. The molecule has 0 bridgehead atoms. The van der Waals surface area contributed by atoms with Crippen LogP contribution in [0.2, 0.25) is 0 Å². The van der Waals surface area contributed by atoms with Crippen LogP contribution in [0.3, 0.4) is 0 Å². The highest BCUT2D eigenvalue weighted by atomic mass is 79.9. The highest BCUT2D eigenvalue weighted by Gasteiger charge is 2.52. The fraction of sp³-hybridized carbons (Fsp3) is 0.471. The molecule has 0 unspecified atom stereocenters. The molecule has 0 saturated heterocycles. The molecule has 1 N–H and O–H groups in total. The third-order valence-corrected chi connectivity index (χ3v) is 5.55. The minimum Gasteiger partial charge on any atom is -0.492 e. The lowest BCUT2D eigenvalue weighted by atomic mass is 9.69. The summed E-state index contributed by atoms with van der Waals surface area (Å²) in [7, 11) is 1.65. The number of aliphatic hydroxyl groups is 1. The molecule has 2 heterocycles. The molecule has 4 rings (SSSR count). The summed E-state index contributed by atoms with van der Waals surface area (Å²) in [6.07, 6.45) is 5.98. The van der Waals surface area contributed by atoms with Gasteiger partial charge in [0.1, 0.15) is 6.10 Å². The number of aliphatic imine (C=N–C) groups is 1. The van der Waals surface area contributed by atoms with Crippen LogP contribution in [0.4, 0.5) is 5.69 Å². The molecule has 5 heteroatoms. The summed E-state index contributed by atoms with van der Waals surface area (Å²) in [5.74, 6) is 1.49. The van der Waals surface area contributed by atoms with Crippen molar-refractivity contribution in [1.29, 1.82) is 0 Å². The van der Waals surface area contributed by atoms with Gasteiger partial charge in [-0.3, -0.25) is 4.99 Å². The van der Waals surface area contributed by atoms with Gasteiger partial charge in [-0.05, 0) is 41.8 Å². The number of aliphatic hydroxyl groups excluding tert-OH is 1. The summed E-state index contributed by atoms with van der Waals surface area (Å²) >= 11 is 3.56. The molecule has 1 aromatic carbocycles. The van der Waals surface area contributed by atoms with E-state index in [0.717, 1.165) is 40.0 Å². The zero-order chi connectivity index (χ0) is 15.5. The number of methoxy groups -OCH3 is 1. The van der Waals surface area contributed by atoms with Crippen molar-refractivity contribution in [3.05, 3.63) is 28.3 Å². The van der Waals surface area contributed by atoms with Crippen LogP contribution in [0.1, 0.15) is 31.7 Å². The number of halogens is 1. The van der Waals surface area contributed by atoms with E-state index in [4.69, 9.17) is 14.5 Å². The van der Waals surface area contributed by atoms with E-state index in [1.54, 1.807) is 7.11 Å². The van der Waals surface area contributed by atoms with Gasteiger partial charge >= 0.3 is 0 Å². The van der Waals surface area contributed by atoms with E-state index >= 15 is 0 Å². The lowest BCUT2D eigenvalue weighted by Crippen LogP contribution is -2.41. The fourth-order valence-corrected chi connectivity index (χ4v) is 4.45. The maximum atomic E-state index is 10.00. The van der Waals surface area contributed by atoms with Crippen molar-refractivity contribution in [2.45, 2.75) is 43.8 Å². The van der Waals surface area contributed by atoms with Gasteiger partial charge in [0.2, 0.25) is 0 Å². The highest BCUT2D eigenvalue weighted by molar-refractivity contribution is 9.10. The maximum absolute atomic E-state index is 10.00. The monoisotopic (exact) mass is 363 g/mol. The molecule has 0 radical (unpaired) electrons. The smallest absolute Gasteiger partial charge is 0.175 e. The highest BCUT2D eigenvalue weighted by Crippen LogP contribution is 2.59. The van der Waals surface area contributed by atoms with Crippen molar-refractivity contribution >= 4 is 27.3 Å². The lowest BCUT2D eigenvalue weighted by molar-refractivity contribution is 0.0855. The molecule has 0 saturated carbocycles. The lowest BCUT2D eigenvalue weighted by Gasteiger charge is -2.35. The molecule has 0 fully saturated rings. The summed E-state index contributed by atoms with van der Waals surface area (Å²) in [6.45, 7) is 2.07. The van der Waals surface area contributed by atoms with Crippen LogP contribution in [0, 0.1) is 0 Å². The van der Waals surface area contributed by atoms with Crippen LogP contribution in [0.5, 0.6) is 11.5 Å². The van der Waals surface area contributed by atoms with Gasteiger partial charge in [0.15, 0.2) is 11.5 Å². The Bertz CT molecular complexity index is 712. The van der Waals surface area contributed by atoms with E-state index in [2.05, 4.69) is 28.9 Å². The Balaban J connectivity index is 2.02. The maximum Gasteiger partial charge on any atom is 0.175 e. The first-order chi connectivity index (χ1) is 10.5. The zero-order valence-corrected chi connectivity index (χ0v) is 14.2. The molecule has 0 amide bonds. The van der Waals surface area contributed by atoms with E-state index in [1.807, 2.05) is 12.1 Å². The van der Waals surface area contributed by atoms with Crippen LogP contribution >= 0.6 is 15.9 Å². The van der Waals surface area contributed by atoms with Crippen molar-refractivity contribution in [2.75, 3.05) is 7.11 Å². The second-order valence-corrected chi connectivity index (χ2v) is 7.13. The van der Waals surface area contributed by atoms with Gasteiger partial charge in [-0.2, -0.15) is 0 Å². The van der Waals surface area contributed by atoms with Crippen LogP contribution < -0.4 is 9.47 Å². The normalized spacial score (nSPS) is 31.7. The van der Waals surface area contributed by atoms with Crippen LogP contribution in [-0.2, 0) is 5.41 Å². The van der Waals surface area contributed by atoms with E-state index in [0.29, 0.717) is 12.2 Å². The van der Waals surface area contributed by atoms with Crippen LogP contribution in [-0.4, -0.2) is 30.1 Å². The molecule has 1 spiro atoms. The Morgan fingerprint density at radius 1 is 1.50 bits per heavy atom. The number of nitrogens with zero attached hydrogens (tertiary/aromatic N) is 1. The van der Waals surface area contributed by atoms with E-state index in [1.165, 1.54) is 0 Å². The molecule has 0 aromatic heterocycles. The summed E-state index contributed by atoms with van der Waals surface area (Å²) in [5, 5.41) is 10.00. The van der Waals surface area contributed by atoms with Gasteiger partial charge < -0.3 is 14.6 Å². The molecule has 3 aliphatic rings. The molecule has 1 aromatic rings. The summed E-state index contributed by atoms with van der Waals surface area (Å²) in [5.41, 5.74) is 2.97. The van der Waals surface area contributed by atoms with E-state index in [9.17, 15) is 5.11 Å². The summed E-state index contributed by atoms with van der Waals surface area (Å²) < 4.78 is 12.7. The standard InChI is InChI=1S/C17H18BrNO3/c1-9-3-5-17-6-4-10(20)7-13(17)22-16-14(17)12(19-9)8-11(18)15(16)21-2/h4,6,8,10,13,20H,3,5,7H2,1-2H3/t10-,13-,17+/m1/s1. The summed E-state index contributed by atoms with van der Waals surface area (Å²) in [4.78, 5) is 4.79. The van der Waals surface area contributed by atoms with Crippen LogP contribution in [0.15, 0.2) is 27.7 Å². The Morgan fingerprint density at radius 2 is 2.32 bits per heavy atom. The van der Waals surface area contributed by atoms with E-state index < -0.39 is 6.10 Å². The van der Waals surface area contributed by atoms with Crippen molar-refractivity contribution in [3.63, 3.8) is 0 Å². The zero-order valence-electron chi connectivity index (χ0n) is 12.6. The van der Waals surface area contributed by atoms with Gasteiger partial charge in [-0.25, -0.2) is 0 Å². The molecule has 116 valence electrons. The summed E-state index contributed by atoms with van der Waals surface area (Å²) in [6, 6.07) is 2.01. The number of rotatable bonds is 1. The van der Waals surface area contributed by atoms with Crippen molar-refractivity contribution < 1.29 is 14.6 Å². The number of ether oxygens (including phenoxy) is 2. The SMILES string of the molecule is COc1c(Br)cc2c3c1O[C@@H]1C[C@H](O)C=C[C@]31CCC(C)=N2. The molecule has 22 heavy (non-hydrogen) atoms. The molecular weight excluding hydrogens is 346 g/mol. The van der Waals surface area contributed by atoms with Crippen molar-refractivity contribution in [2.24, 2.45) is 4.99 Å². The molecule has 3 atom stereocenters. The van der Waals surface area contributed by atoms with Gasteiger partial charge in [-0.15, -0.1) is 0 Å². The van der Waals surface area contributed by atoms with E-state index in [-0.39, 0.29) is 11.5 Å². The largest absolute Gasteiger partial charge is 0.492 e. The third kappa shape index (κ3) is 1.82. The van der Waals surface area contributed by atoms with Gasteiger partial charge in [-0.1, -0.05) is 12.2 Å². The van der Waals surface area contributed by atoms with Gasteiger partial charge in [0.25, 0.3) is 0 Å². The Hall–Kier alpha value is -1.33. The molecular formula is C17H18BrNO3. The minimum absolute atomic E-state index is 0.0643. The average molecular weight is 364 g/mol. The predicted molar refractivity (Wildman–Crippen MR) is 88.6 cm³/mol. The molecule has 4 nitrogen and oxygen atoms in total. The third-order valence-electron chi connectivity index (χ3n) is 4.96. The Labute approximate surface area is 138 Å². The van der Waals surface area contributed by atoms with Gasteiger partial charge in [0, 0.05) is 17.7 Å². The quantitative estimate of drug-likeness (QED) is 0.774. The number of hydrogen-bond acceptors (Lipinski definition) is 4.